The van der Waals surface area contributed by atoms with Crippen LogP contribution in [0.3, 0.4) is 0 Å². The topological polar surface area (TPSA) is 58.1 Å². The molecular formula is C15H24N4O. The molecular weight excluding hydrogens is 252 g/mol. The van der Waals surface area contributed by atoms with Crippen LogP contribution in [0.2, 0.25) is 0 Å². The highest BCUT2D eigenvalue weighted by Gasteiger charge is 2.18. The maximum atomic E-state index is 11.9. The Morgan fingerprint density at radius 3 is 2.70 bits per heavy atom. The molecule has 20 heavy (non-hydrogen) atoms. The molecule has 1 fully saturated rings. The quantitative estimate of drug-likeness (QED) is 0.894. The normalized spacial score (nSPS) is 15.3. The van der Waals surface area contributed by atoms with E-state index in [1.807, 2.05) is 32.0 Å². The number of aromatic nitrogens is 2. The Hall–Kier alpha value is -1.65. The summed E-state index contributed by atoms with van der Waals surface area (Å²) in [5, 5.41) is 2.97. The maximum Gasteiger partial charge on any atom is 0.225 e. The second kappa shape index (κ2) is 6.68. The Labute approximate surface area is 120 Å². The molecule has 1 N–H and O–H groups in total. The first-order valence-electron chi connectivity index (χ1n) is 7.33. The molecule has 1 aromatic heterocycles. The first kappa shape index (κ1) is 14.8. The zero-order valence-electron chi connectivity index (χ0n) is 12.6. The van der Waals surface area contributed by atoms with E-state index >= 15 is 0 Å². The van der Waals surface area contributed by atoms with Crippen molar-refractivity contribution < 1.29 is 4.79 Å². The molecule has 0 aromatic carbocycles. The van der Waals surface area contributed by atoms with Crippen molar-refractivity contribution in [1.82, 2.24) is 15.3 Å². The van der Waals surface area contributed by atoms with Crippen LogP contribution >= 0.6 is 0 Å². The lowest BCUT2D eigenvalue weighted by molar-refractivity contribution is -0.122. The van der Waals surface area contributed by atoms with Crippen LogP contribution in [-0.4, -0.2) is 30.0 Å². The molecule has 0 spiro atoms. The van der Waals surface area contributed by atoms with Gasteiger partial charge in [0, 0.05) is 26.2 Å². The Morgan fingerprint density at radius 2 is 2.05 bits per heavy atom. The van der Waals surface area contributed by atoms with Gasteiger partial charge in [-0.25, -0.2) is 9.97 Å². The number of anilines is 1. The van der Waals surface area contributed by atoms with E-state index in [-0.39, 0.29) is 5.91 Å². The Balaban J connectivity index is 1.88. The number of hydrogen-bond acceptors (Lipinski definition) is 4. The number of carbonyl (C=O) groups is 1. The van der Waals surface area contributed by atoms with Gasteiger partial charge in [0.2, 0.25) is 11.9 Å². The van der Waals surface area contributed by atoms with Crippen molar-refractivity contribution in [2.24, 2.45) is 5.92 Å². The van der Waals surface area contributed by atoms with Gasteiger partial charge < -0.3 is 10.2 Å². The first-order valence-corrected chi connectivity index (χ1v) is 7.33. The second-order valence-electron chi connectivity index (χ2n) is 5.83. The SMILES string of the molecule is Cc1cc(CNC(=O)CC2CCCC2)nc(N(C)C)n1. The average Bonchev–Trinajstić information content (AvgIpc) is 2.88. The highest BCUT2D eigenvalue weighted by Crippen LogP contribution is 2.27. The van der Waals surface area contributed by atoms with Gasteiger partial charge in [0.15, 0.2) is 0 Å². The first-order chi connectivity index (χ1) is 9.54. The highest BCUT2D eigenvalue weighted by atomic mass is 16.1. The molecule has 5 heteroatoms. The van der Waals surface area contributed by atoms with E-state index in [1.165, 1.54) is 25.7 Å². The fraction of sp³-hybridized carbons (Fsp3) is 0.667. The van der Waals surface area contributed by atoms with Gasteiger partial charge in [0.05, 0.1) is 12.2 Å². The summed E-state index contributed by atoms with van der Waals surface area (Å²) in [6.45, 7) is 2.42. The van der Waals surface area contributed by atoms with Crippen LogP contribution in [-0.2, 0) is 11.3 Å². The molecule has 1 saturated carbocycles. The third-order valence-corrected chi connectivity index (χ3v) is 3.71. The minimum absolute atomic E-state index is 0.138. The summed E-state index contributed by atoms with van der Waals surface area (Å²) >= 11 is 0. The zero-order chi connectivity index (χ0) is 14.5. The predicted molar refractivity (Wildman–Crippen MR) is 79.5 cm³/mol. The lowest BCUT2D eigenvalue weighted by Gasteiger charge is -2.13. The standard InChI is InChI=1S/C15H24N4O/c1-11-8-13(18-15(17-11)19(2)3)10-16-14(20)9-12-6-4-5-7-12/h8,12H,4-7,9-10H2,1-3H3,(H,16,20). The third-order valence-electron chi connectivity index (χ3n) is 3.71. The number of nitrogens with zero attached hydrogens (tertiary/aromatic N) is 3. The van der Waals surface area contributed by atoms with Crippen LogP contribution in [0.15, 0.2) is 6.07 Å². The molecule has 1 heterocycles. The van der Waals surface area contributed by atoms with Gasteiger partial charge in [-0.2, -0.15) is 0 Å². The number of aryl methyl sites for hydroxylation is 1. The molecule has 1 aromatic rings. The molecule has 0 bridgehead atoms. The van der Waals surface area contributed by atoms with Crippen LogP contribution < -0.4 is 10.2 Å². The van der Waals surface area contributed by atoms with E-state index in [4.69, 9.17) is 0 Å². The molecule has 110 valence electrons. The van der Waals surface area contributed by atoms with E-state index in [2.05, 4.69) is 15.3 Å². The van der Waals surface area contributed by atoms with Crippen LogP contribution in [0.4, 0.5) is 5.95 Å². The van der Waals surface area contributed by atoms with Crippen molar-refractivity contribution in [2.45, 2.75) is 45.6 Å². The van der Waals surface area contributed by atoms with Crippen LogP contribution in [0.25, 0.3) is 0 Å². The Bertz CT molecular complexity index is 467. The molecule has 0 atom stereocenters. The molecule has 1 aliphatic carbocycles. The number of carbonyl (C=O) groups excluding carboxylic acids is 1. The van der Waals surface area contributed by atoms with Crippen molar-refractivity contribution >= 4 is 11.9 Å². The number of nitrogens with one attached hydrogen (secondary N) is 1. The van der Waals surface area contributed by atoms with Crippen LogP contribution in [0, 0.1) is 12.8 Å². The molecule has 0 saturated heterocycles. The monoisotopic (exact) mass is 276 g/mol. The number of rotatable bonds is 5. The average molecular weight is 276 g/mol. The van der Waals surface area contributed by atoms with Crippen LogP contribution in [0.5, 0.6) is 0 Å². The number of hydrogen-bond donors (Lipinski definition) is 1. The highest BCUT2D eigenvalue weighted by molar-refractivity contribution is 5.76. The lowest BCUT2D eigenvalue weighted by atomic mass is 10.0. The summed E-state index contributed by atoms with van der Waals surface area (Å²) < 4.78 is 0. The van der Waals surface area contributed by atoms with Gasteiger partial charge >= 0.3 is 0 Å². The van der Waals surface area contributed by atoms with Gasteiger partial charge in [-0.1, -0.05) is 12.8 Å². The van der Waals surface area contributed by atoms with E-state index in [0.717, 1.165) is 11.4 Å². The van der Waals surface area contributed by atoms with Gasteiger partial charge in [-0.15, -0.1) is 0 Å². The summed E-state index contributed by atoms with van der Waals surface area (Å²) in [7, 11) is 3.83. The largest absolute Gasteiger partial charge is 0.350 e. The van der Waals surface area contributed by atoms with E-state index in [1.54, 1.807) is 0 Å². The fourth-order valence-electron chi connectivity index (χ4n) is 2.65. The summed E-state index contributed by atoms with van der Waals surface area (Å²) in [6, 6.07) is 1.92. The summed E-state index contributed by atoms with van der Waals surface area (Å²) in [5.41, 5.74) is 1.78. The van der Waals surface area contributed by atoms with Crippen molar-refractivity contribution in [1.29, 1.82) is 0 Å². The third kappa shape index (κ3) is 4.18. The Kier molecular flexibility index (Phi) is 4.93. The van der Waals surface area contributed by atoms with Crippen LogP contribution in [0.1, 0.15) is 43.5 Å². The lowest BCUT2D eigenvalue weighted by Crippen LogP contribution is -2.25. The second-order valence-corrected chi connectivity index (χ2v) is 5.83. The molecule has 0 unspecified atom stereocenters. The number of amides is 1. The van der Waals surface area contributed by atoms with Crippen molar-refractivity contribution in [3.8, 4) is 0 Å². The van der Waals surface area contributed by atoms with E-state index in [9.17, 15) is 4.79 Å². The zero-order valence-corrected chi connectivity index (χ0v) is 12.6. The van der Waals surface area contributed by atoms with Gasteiger partial charge in [-0.3, -0.25) is 4.79 Å². The minimum atomic E-state index is 0.138. The predicted octanol–water partition coefficient (Wildman–Crippen LogP) is 2.05. The molecule has 5 nitrogen and oxygen atoms in total. The maximum absolute atomic E-state index is 11.9. The minimum Gasteiger partial charge on any atom is -0.350 e. The Morgan fingerprint density at radius 1 is 1.35 bits per heavy atom. The molecule has 2 rings (SSSR count). The summed E-state index contributed by atoms with van der Waals surface area (Å²) in [4.78, 5) is 22.6. The molecule has 0 aliphatic heterocycles. The summed E-state index contributed by atoms with van der Waals surface area (Å²) in [6.07, 6.45) is 5.60. The van der Waals surface area contributed by atoms with Crippen molar-refractivity contribution in [2.75, 3.05) is 19.0 Å². The molecule has 1 amide bonds. The van der Waals surface area contributed by atoms with Crippen molar-refractivity contribution in [3.05, 3.63) is 17.5 Å². The molecule has 1 aliphatic rings. The van der Waals surface area contributed by atoms with Gasteiger partial charge in [0.1, 0.15) is 0 Å². The fourth-order valence-corrected chi connectivity index (χ4v) is 2.65. The smallest absolute Gasteiger partial charge is 0.225 e. The van der Waals surface area contributed by atoms with E-state index < -0.39 is 0 Å². The van der Waals surface area contributed by atoms with Gasteiger partial charge in [-0.05, 0) is 31.7 Å². The van der Waals surface area contributed by atoms with E-state index in [0.29, 0.717) is 24.8 Å². The molecule has 0 radical (unpaired) electrons. The van der Waals surface area contributed by atoms with Gasteiger partial charge in [0.25, 0.3) is 0 Å². The van der Waals surface area contributed by atoms with Crippen molar-refractivity contribution in [3.63, 3.8) is 0 Å². The summed E-state index contributed by atoms with van der Waals surface area (Å²) in [5.74, 6) is 1.41.